The van der Waals surface area contributed by atoms with Gasteiger partial charge in [-0.25, -0.2) is 4.79 Å². The number of thiol groups is 1. The second-order valence-corrected chi connectivity index (χ2v) is 8.26. The van der Waals surface area contributed by atoms with E-state index in [0.717, 1.165) is 22.4 Å². The molecule has 0 saturated heterocycles. The fourth-order valence-corrected chi connectivity index (χ4v) is 3.34. The number of fused-ring (bicyclic) bond motifs is 1. The number of alkyl carbamates (subject to hydrolysis) is 1. The molecule has 1 aromatic carbocycles. The molecule has 1 atom stereocenters. The van der Waals surface area contributed by atoms with Crippen LogP contribution in [0.4, 0.5) is 4.79 Å². The lowest BCUT2D eigenvalue weighted by Gasteiger charge is -2.36. The van der Waals surface area contributed by atoms with Gasteiger partial charge in [-0.3, -0.25) is 4.98 Å². The Morgan fingerprint density at radius 2 is 2.04 bits per heavy atom. The van der Waals surface area contributed by atoms with Crippen molar-refractivity contribution in [2.75, 3.05) is 13.2 Å². The number of ether oxygens (including phenoxy) is 2. The van der Waals surface area contributed by atoms with Crippen LogP contribution in [0.15, 0.2) is 42.7 Å². The Kier molecular flexibility index (Phi) is 5.14. The highest BCUT2D eigenvalue weighted by molar-refractivity contribution is 7.81. The van der Waals surface area contributed by atoms with E-state index >= 15 is 0 Å². The highest BCUT2D eigenvalue weighted by Gasteiger charge is 2.36. The van der Waals surface area contributed by atoms with Crippen LogP contribution in [0.5, 0.6) is 5.75 Å². The zero-order valence-electron chi connectivity index (χ0n) is 15.3. The molecule has 5 nitrogen and oxygen atoms in total. The van der Waals surface area contributed by atoms with Crippen LogP contribution in [0.3, 0.4) is 0 Å². The first-order chi connectivity index (χ1) is 12.3. The first-order valence-corrected chi connectivity index (χ1v) is 9.09. The van der Waals surface area contributed by atoms with Crippen molar-refractivity contribution in [1.29, 1.82) is 0 Å². The standard InChI is InChI=1S/C20H24N2O3S/c1-19(2,3)25-18(23)22-13-20(26)9-12-24-17-15(5-4-6-16(17)20)14-7-10-21-11-8-14/h4-8,10-11,26H,9,12-13H2,1-3H3,(H,22,23)/t20-/m1/s1. The molecule has 1 aliphatic rings. The largest absolute Gasteiger partial charge is 0.493 e. The van der Waals surface area contributed by atoms with Gasteiger partial charge in [0.15, 0.2) is 0 Å². The molecule has 1 N–H and O–H groups in total. The Bertz CT molecular complexity index is 789. The summed E-state index contributed by atoms with van der Waals surface area (Å²) in [6.07, 6.45) is 3.77. The van der Waals surface area contributed by atoms with Crippen molar-refractivity contribution in [2.45, 2.75) is 37.5 Å². The molecule has 0 aliphatic carbocycles. The maximum atomic E-state index is 12.0. The molecule has 0 unspecified atom stereocenters. The van der Waals surface area contributed by atoms with E-state index in [1.165, 1.54) is 0 Å². The number of carbonyl (C=O) groups excluding carboxylic acids is 1. The molecule has 0 radical (unpaired) electrons. The van der Waals surface area contributed by atoms with Gasteiger partial charge in [-0.15, -0.1) is 0 Å². The Morgan fingerprint density at radius 1 is 1.31 bits per heavy atom. The Balaban J connectivity index is 1.86. The highest BCUT2D eigenvalue weighted by Crippen LogP contribution is 2.45. The monoisotopic (exact) mass is 372 g/mol. The summed E-state index contributed by atoms with van der Waals surface area (Å²) < 4.78 is 10.8. The molecule has 3 rings (SSSR count). The van der Waals surface area contributed by atoms with E-state index in [4.69, 9.17) is 22.1 Å². The number of carbonyl (C=O) groups is 1. The van der Waals surface area contributed by atoms with E-state index in [0.29, 0.717) is 19.6 Å². The molecule has 2 heterocycles. The topological polar surface area (TPSA) is 60.5 Å². The summed E-state index contributed by atoms with van der Waals surface area (Å²) in [4.78, 5) is 16.1. The molecule has 6 heteroatoms. The van der Waals surface area contributed by atoms with Crippen molar-refractivity contribution < 1.29 is 14.3 Å². The summed E-state index contributed by atoms with van der Waals surface area (Å²) in [5.74, 6) is 0.811. The fraction of sp³-hybridized carbons (Fsp3) is 0.400. The van der Waals surface area contributed by atoms with Crippen LogP contribution in [0, 0.1) is 0 Å². The van der Waals surface area contributed by atoms with E-state index in [9.17, 15) is 4.79 Å². The molecule has 26 heavy (non-hydrogen) atoms. The third-order valence-corrected chi connectivity index (χ3v) is 4.82. The molecule has 2 aromatic rings. The van der Waals surface area contributed by atoms with E-state index < -0.39 is 16.4 Å². The number of hydrogen-bond donors (Lipinski definition) is 2. The van der Waals surface area contributed by atoms with Gasteiger partial charge in [0, 0.05) is 36.5 Å². The molecule has 138 valence electrons. The highest BCUT2D eigenvalue weighted by atomic mass is 32.1. The number of pyridine rings is 1. The van der Waals surface area contributed by atoms with Crippen LogP contribution in [0.1, 0.15) is 32.8 Å². The van der Waals surface area contributed by atoms with Gasteiger partial charge in [-0.1, -0.05) is 18.2 Å². The van der Waals surface area contributed by atoms with Crippen LogP contribution in [-0.4, -0.2) is 29.8 Å². The number of rotatable bonds is 3. The van der Waals surface area contributed by atoms with Gasteiger partial charge < -0.3 is 14.8 Å². The first-order valence-electron chi connectivity index (χ1n) is 8.64. The van der Waals surface area contributed by atoms with Crippen LogP contribution in [-0.2, 0) is 9.48 Å². The molecule has 1 aromatic heterocycles. The van der Waals surface area contributed by atoms with E-state index in [1.54, 1.807) is 12.4 Å². The number of hydrogen-bond acceptors (Lipinski definition) is 5. The lowest BCUT2D eigenvalue weighted by Crippen LogP contribution is -2.42. The molecule has 1 aliphatic heterocycles. The minimum absolute atomic E-state index is 0.362. The van der Waals surface area contributed by atoms with E-state index in [1.807, 2.05) is 51.1 Å². The Labute approximate surface area is 159 Å². The van der Waals surface area contributed by atoms with Gasteiger partial charge >= 0.3 is 6.09 Å². The maximum absolute atomic E-state index is 12.0. The predicted molar refractivity (Wildman–Crippen MR) is 105 cm³/mol. The van der Waals surface area contributed by atoms with Crippen molar-refractivity contribution in [2.24, 2.45) is 0 Å². The predicted octanol–water partition coefficient (Wildman–Crippen LogP) is 4.18. The van der Waals surface area contributed by atoms with Crippen LogP contribution in [0.25, 0.3) is 11.1 Å². The molecule has 0 spiro atoms. The summed E-state index contributed by atoms with van der Waals surface area (Å²) >= 11 is 4.91. The molecular formula is C20H24N2O3S. The fourth-order valence-electron chi connectivity index (χ4n) is 2.99. The van der Waals surface area contributed by atoms with Crippen molar-refractivity contribution in [3.05, 3.63) is 48.3 Å². The lowest BCUT2D eigenvalue weighted by atomic mass is 9.88. The summed E-state index contributed by atoms with van der Waals surface area (Å²) in [6.45, 7) is 6.42. The SMILES string of the molecule is CC(C)(C)OC(=O)NC[C@]1(S)CCOc2c(-c3ccncc3)cccc21. The molecule has 1 amide bonds. The number of benzene rings is 1. The van der Waals surface area contributed by atoms with Gasteiger partial charge in [0.1, 0.15) is 11.4 Å². The zero-order chi connectivity index (χ0) is 18.8. The van der Waals surface area contributed by atoms with Crippen LogP contribution in [0.2, 0.25) is 0 Å². The third kappa shape index (κ3) is 4.12. The number of aromatic nitrogens is 1. The maximum Gasteiger partial charge on any atom is 0.407 e. The number of amides is 1. The third-order valence-electron chi connectivity index (χ3n) is 4.19. The van der Waals surface area contributed by atoms with E-state index in [2.05, 4.69) is 10.3 Å². The smallest absolute Gasteiger partial charge is 0.407 e. The minimum atomic E-state index is -0.532. The minimum Gasteiger partial charge on any atom is -0.493 e. The second kappa shape index (κ2) is 7.19. The summed E-state index contributed by atoms with van der Waals surface area (Å²) in [6, 6.07) is 9.92. The molecular weight excluding hydrogens is 348 g/mol. The van der Waals surface area contributed by atoms with Gasteiger partial charge in [0.05, 0.1) is 11.4 Å². The van der Waals surface area contributed by atoms with Crippen molar-refractivity contribution in [1.82, 2.24) is 10.3 Å². The van der Waals surface area contributed by atoms with E-state index in [-0.39, 0.29) is 0 Å². The first kappa shape index (κ1) is 18.6. The van der Waals surface area contributed by atoms with Crippen molar-refractivity contribution in [3.63, 3.8) is 0 Å². The number of nitrogens with zero attached hydrogens (tertiary/aromatic N) is 1. The molecule has 0 fully saturated rings. The second-order valence-electron chi connectivity index (χ2n) is 7.40. The van der Waals surface area contributed by atoms with Gasteiger partial charge in [-0.05, 0) is 38.5 Å². The summed E-state index contributed by atoms with van der Waals surface area (Å²) in [5.41, 5.74) is 2.47. The number of nitrogens with one attached hydrogen (secondary N) is 1. The van der Waals surface area contributed by atoms with Crippen LogP contribution < -0.4 is 10.1 Å². The Hall–Kier alpha value is -2.21. The molecule has 0 bridgehead atoms. The number of para-hydroxylation sites is 1. The quantitative estimate of drug-likeness (QED) is 0.794. The summed E-state index contributed by atoms with van der Waals surface area (Å²) in [7, 11) is 0. The van der Waals surface area contributed by atoms with Gasteiger partial charge in [0.2, 0.25) is 0 Å². The average Bonchev–Trinajstić information content (AvgIpc) is 2.59. The van der Waals surface area contributed by atoms with Gasteiger partial charge in [-0.2, -0.15) is 12.6 Å². The Morgan fingerprint density at radius 3 is 2.73 bits per heavy atom. The normalized spacial score (nSPS) is 19.2. The average molecular weight is 372 g/mol. The summed E-state index contributed by atoms with van der Waals surface area (Å²) in [5, 5.41) is 2.85. The van der Waals surface area contributed by atoms with Crippen molar-refractivity contribution >= 4 is 18.7 Å². The van der Waals surface area contributed by atoms with Gasteiger partial charge in [0.25, 0.3) is 0 Å². The van der Waals surface area contributed by atoms with Crippen LogP contribution >= 0.6 is 12.6 Å². The van der Waals surface area contributed by atoms with Crippen molar-refractivity contribution in [3.8, 4) is 16.9 Å². The molecule has 0 saturated carbocycles. The zero-order valence-corrected chi connectivity index (χ0v) is 16.2. The lowest BCUT2D eigenvalue weighted by molar-refractivity contribution is 0.0518.